The molecule has 5 heteroatoms. The van der Waals surface area contributed by atoms with E-state index in [0.29, 0.717) is 4.47 Å². The maximum atomic E-state index is 12.6. The largest absolute Gasteiger partial charge is 0.287 e. The molecule has 12 heavy (non-hydrogen) atoms. The summed E-state index contributed by atoms with van der Waals surface area (Å²) in [5.41, 5.74) is -0.323. The van der Waals surface area contributed by atoms with Crippen LogP contribution < -0.4 is 0 Å². The molecule has 1 rings (SSSR count). The molecule has 0 N–H and O–H groups in total. The zero-order valence-corrected chi connectivity index (χ0v) is 8.46. The smallest absolute Gasteiger partial charge is 0.234 e. The lowest BCUT2D eigenvalue weighted by atomic mass is 10.2. The summed E-state index contributed by atoms with van der Waals surface area (Å²) in [4.78, 5) is 3.51. The van der Waals surface area contributed by atoms with Gasteiger partial charge in [0, 0.05) is 6.92 Å². The lowest BCUT2D eigenvalue weighted by Gasteiger charge is -2.09. The second kappa shape index (κ2) is 3.26. The second-order valence-electron chi connectivity index (χ2n) is 2.36. The minimum absolute atomic E-state index is 0.0500. The van der Waals surface area contributed by atoms with Gasteiger partial charge in [-0.2, -0.15) is 8.78 Å². The molecule has 0 aromatic carbocycles. The molecule has 1 heterocycles. The van der Waals surface area contributed by atoms with Gasteiger partial charge in [0.05, 0.1) is 4.47 Å². The summed E-state index contributed by atoms with van der Waals surface area (Å²) in [5.74, 6) is -2.94. The van der Waals surface area contributed by atoms with Crippen LogP contribution in [0.2, 0.25) is 5.15 Å². The third kappa shape index (κ3) is 2.14. The number of hydrogen-bond acceptors (Lipinski definition) is 1. The van der Waals surface area contributed by atoms with E-state index in [9.17, 15) is 8.78 Å². The first-order chi connectivity index (χ1) is 5.41. The highest BCUT2D eigenvalue weighted by Crippen LogP contribution is 2.28. The summed E-state index contributed by atoms with van der Waals surface area (Å²) in [6.07, 6.45) is 0. The number of nitrogens with zero attached hydrogens (tertiary/aromatic N) is 1. The highest BCUT2D eigenvalue weighted by Gasteiger charge is 2.26. The van der Waals surface area contributed by atoms with E-state index >= 15 is 0 Å². The molecule has 66 valence electrons. The molecule has 0 radical (unpaired) electrons. The molecule has 1 aromatic rings. The molecule has 0 atom stereocenters. The van der Waals surface area contributed by atoms with Crippen molar-refractivity contribution in [2.45, 2.75) is 12.8 Å². The van der Waals surface area contributed by atoms with Gasteiger partial charge in [-0.1, -0.05) is 11.6 Å². The van der Waals surface area contributed by atoms with Crippen LogP contribution in [-0.2, 0) is 5.92 Å². The van der Waals surface area contributed by atoms with Crippen LogP contribution in [0, 0.1) is 0 Å². The van der Waals surface area contributed by atoms with Crippen LogP contribution in [-0.4, -0.2) is 4.98 Å². The van der Waals surface area contributed by atoms with E-state index in [0.717, 1.165) is 6.92 Å². The van der Waals surface area contributed by atoms with Crippen LogP contribution in [0.5, 0.6) is 0 Å². The van der Waals surface area contributed by atoms with Gasteiger partial charge in [-0.3, -0.25) is 0 Å². The van der Waals surface area contributed by atoms with Crippen molar-refractivity contribution in [3.63, 3.8) is 0 Å². The minimum atomic E-state index is -2.94. The van der Waals surface area contributed by atoms with E-state index < -0.39 is 5.92 Å². The van der Waals surface area contributed by atoms with Crippen molar-refractivity contribution in [2.75, 3.05) is 0 Å². The summed E-state index contributed by atoms with van der Waals surface area (Å²) in [6, 6.07) is 2.68. The van der Waals surface area contributed by atoms with E-state index in [2.05, 4.69) is 20.9 Å². The average Bonchev–Trinajstić information content (AvgIpc) is 1.92. The molecule has 1 nitrogen and oxygen atoms in total. The van der Waals surface area contributed by atoms with Gasteiger partial charge in [-0.25, -0.2) is 4.98 Å². The first kappa shape index (κ1) is 9.86. The van der Waals surface area contributed by atoms with Gasteiger partial charge in [0.2, 0.25) is 0 Å². The third-order valence-corrected chi connectivity index (χ3v) is 2.41. The number of rotatable bonds is 1. The normalized spacial score (nSPS) is 11.8. The van der Waals surface area contributed by atoms with Gasteiger partial charge in [0.15, 0.2) is 0 Å². The first-order valence-electron chi connectivity index (χ1n) is 3.11. The first-order valence-corrected chi connectivity index (χ1v) is 4.28. The van der Waals surface area contributed by atoms with Crippen LogP contribution in [0.1, 0.15) is 12.6 Å². The number of halogens is 4. The molecule has 0 spiro atoms. The number of alkyl halides is 2. The van der Waals surface area contributed by atoms with Gasteiger partial charge in [0.25, 0.3) is 5.92 Å². The number of hydrogen-bond donors (Lipinski definition) is 0. The number of aromatic nitrogens is 1. The Hall–Kier alpha value is -0.220. The average molecular weight is 256 g/mol. The Morgan fingerprint density at radius 3 is 2.50 bits per heavy atom. The molecule has 0 bridgehead atoms. The quantitative estimate of drug-likeness (QED) is 0.700. The van der Waals surface area contributed by atoms with Crippen LogP contribution in [0.15, 0.2) is 16.6 Å². The molecule has 0 saturated carbocycles. The Labute approximate surface area is 81.9 Å². The summed E-state index contributed by atoms with van der Waals surface area (Å²) < 4.78 is 25.8. The SMILES string of the molecule is CC(F)(F)c1ccc(Br)c(Cl)n1. The van der Waals surface area contributed by atoms with E-state index in [1.54, 1.807) is 0 Å². The Balaban J connectivity index is 3.14. The predicted octanol–water partition coefficient (Wildman–Crippen LogP) is 3.61. The van der Waals surface area contributed by atoms with Crippen molar-refractivity contribution in [1.29, 1.82) is 0 Å². The van der Waals surface area contributed by atoms with E-state index in [4.69, 9.17) is 11.6 Å². The Bertz CT molecular complexity index is 298. The van der Waals surface area contributed by atoms with Crippen LogP contribution in [0.3, 0.4) is 0 Å². The maximum absolute atomic E-state index is 12.6. The zero-order valence-electron chi connectivity index (χ0n) is 6.11. The van der Waals surface area contributed by atoms with Crippen molar-refractivity contribution in [1.82, 2.24) is 4.98 Å². The monoisotopic (exact) mass is 255 g/mol. The molecule has 1 aromatic heterocycles. The van der Waals surface area contributed by atoms with Crippen molar-refractivity contribution in [3.8, 4) is 0 Å². The fourth-order valence-electron chi connectivity index (χ4n) is 0.662. The zero-order chi connectivity index (χ0) is 9.35. The summed E-state index contributed by atoms with van der Waals surface area (Å²) in [6.45, 7) is 0.777. The van der Waals surface area contributed by atoms with Crippen LogP contribution in [0.4, 0.5) is 8.78 Å². The van der Waals surface area contributed by atoms with Crippen molar-refractivity contribution < 1.29 is 8.78 Å². The molecule has 0 amide bonds. The lowest BCUT2D eigenvalue weighted by molar-refractivity contribution is 0.0127. The molecular formula is C7H5BrClF2N. The highest BCUT2D eigenvalue weighted by molar-refractivity contribution is 9.10. The van der Waals surface area contributed by atoms with Gasteiger partial charge in [-0.15, -0.1) is 0 Å². The standard InChI is InChI=1S/C7H5BrClF2N/c1-7(10,11)5-3-2-4(8)6(9)12-5/h2-3H,1H3. The van der Waals surface area contributed by atoms with Crippen LogP contribution in [0.25, 0.3) is 0 Å². The summed E-state index contributed by atoms with van der Waals surface area (Å²) >= 11 is 8.59. The van der Waals surface area contributed by atoms with Crippen molar-refractivity contribution in [2.24, 2.45) is 0 Å². The fraction of sp³-hybridized carbons (Fsp3) is 0.286. The summed E-state index contributed by atoms with van der Waals surface area (Å²) in [5, 5.41) is 0.0500. The molecule has 0 aliphatic heterocycles. The third-order valence-electron chi connectivity index (χ3n) is 1.25. The molecular weight excluding hydrogens is 251 g/mol. The fourth-order valence-corrected chi connectivity index (χ4v) is 1.04. The Morgan fingerprint density at radius 2 is 2.08 bits per heavy atom. The van der Waals surface area contributed by atoms with E-state index in [-0.39, 0.29) is 10.8 Å². The van der Waals surface area contributed by atoms with Crippen molar-refractivity contribution >= 4 is 27.5 Å². The lowest BCUT2D eigenvalue weighted by Crippen LogP contribution is -2.09. The highest BCUT2D eigenvalue weighted by atomic mass is 79.9. The second-order valence-corrected chi connectivity index (χ2v) is 3.57. The van der Waals surface area contributed by atoms with Gasteiger partial charge in [0.1, 0.15) is 10.8 Å². The topological polar surface area (TPSA) is 12.9 Å². The molecule has 0 unspecified atom stereocenters. The molecule has 0 saturated heterocycles. The summed E-state index contributed by atoms with van der Waals surface area (Å²) in [7, 11) is 0. The van der Waals surface area contributed by atoms with Gasteiger partial charge < -0.3 is 0 Å². The van der Waals surface area contributed by atoms with Gasteiger partial charge >= 0.3 is 0 Å². The molecule has 0 fully saturated rings. The maximum Gasteiger partial charge on any atom is 0.287 e. The van der Waals surface area contributed by atoms with E-state index in [1.807, 2.05) is 0 Å². The van der Waals surface area contributed by atoms with Crippen molar-refractivity contribution in [3.05, 3.63) is 27.5 Å². The molecule has 0 aliphatic carbocycles. The van der Waals surface area contributed by atoms with E-state index in [1.165, 1.54) is 12.1 Å². The minimum Gasteiger partial charge on any atom is -0.234 e. The Morgan fingerprint density at radius 1 is 1.50 bits per heavy atom. The van der Waals surface area contributed by atoms with Crippen LogP contribution >= 0.6 is 27.5 Å². The van der Waals surface area contributed by atoms with Gasteiger partial charge in [-0.05, 0) is 28.1 Å². The Kier molecular flexibility index (Phi) is 2.68. The molecule has 0 aliphatic rings. The predicted molar refractivity (Wildman–Crippen MR) is 46.5 cm³/mol. The number of pyridine rings is 1.